The molecule has 0 radical (unpaired) electrons. The van der Waals surface area contributed by atoms with Crippen LogP contribution < -0.4 is 9.47 Å². The molecular formula is C19H16ClNO4S. The van der Waals surface area contributed by atoms with Crippen LogP contribution in [0, 0.1) is 0 Å². The van der Waals surface area contributed by atoms with E-state index in [9.17, 15) is 4.79 Å². The number of hydrogen-bond acceptors (Lipinski definition) is 6. The number of thiazole rings is 1. The zero-order valence-electron chi connectivity index (χ0n) is 14.2. The first-order valence-corrected chi connectivity index (χ1v) is 8.96. The lowest BCUT2D eigenvalue weighted by atomic mass is 10.2. The molecule has 3 rings (SSSR count). The van der Waals surface area contributed by atoms with Gasteiger partial charge in [-0.3, -0.25) is 0 Å². The second-order valence-corrected chi connectivity index (χ2v) is 6.59. The summed E-state index contributed by atoms with van der Waals surface area (Å²) in [6.07, 6.45) is 0. The van der Waals surface area contributed by atoms with Crippen LogP contribution in [0.5, 0.6) is 11.5 Å². The summed E-state index contributed by atoms with van der Waals surface area (Å²) in [6.45, 7) is 0.0535. The third kappa shape index (κ3) is 4.15. The molecule has 0 spiro atoms. The molecule has 134 valence electrons. The Bertz CT molecular complexity index is 908. The van der Waals surface area contributed by atoms with Gasteiger partial charge >= 0.3 is 5.97 Å². The van der Waals surface area contributed by atoms with Crippen LogP contribution in [0.3, 0.4) is 0 Å². The van der Waals surface area contributed by atoms with Gasteiger partial charge < -0.3 is 14.2 Å². The Kier molecular flexibility index (Phi) is 5.75. The van der Waals surface area contributed by atoms with E-state index < -0.39 is 5.97 Å². The third-order valence-corrected chi connectivity index (χ3v) is 4.78. The SMILES string of the molecule is COc1ccc(-c2nc(C(=O)OCc3cc(Cl)ccc3OC)cs2)cc1. The van der Waals surface area contributed by atoms with E-state index in [1.165, 1.54) is 11.3 Å². The average Bonchev–Trinajstić information content (AvgIpc) is 3.16. The van der Waals surface area contributed by atoms with Crippen molar-refractivity contribution in [1.82, 2.24) is 4.98 Å². The van der Waals surface area contributed by atoms with Gasteiger partial charge in [-0.05, 0) is 42.5 Å². The van der Waals surface area contributed by atoms with Gasteiger partial charge in [0.25, 0.3) is 0 Å². The Hall–Kier alpha value is -2.57. The molecule has 7 heteroatoms. The van der Waals surface area contributed by atoms with Crippen LogP contribution >= 0.6 is 22.9 Å². The minimum absolute atomic E-state index is 0.0535. The number of aromatic nitrogens is 1. The summed E-state index contributed by atoms with van der Waals surface area (Å²) in [5, 5.41) is 2.96. The van der Waals surface area contributed by atoms with Crippen molar-refractivity contribution < 1.29 is 19.0 Å². The maximum atomic E-state index is 12.3. The first-order chi connectivity index (χ1) is 12.6. The van der Waals surface area contributed by atoms with E-state index in [0.717, 1.165) is 16.3 Å². The highest BCUT2D eigenvalue weighted by Crippen LogP contribution is 2.27. The molecule has 0 unspecified atom stereocenters. The van der Waals surface area contributed by atoms with Gasteiger partial charge in [0.1, 0.15) is 23.1 Å². The van der Waals surface area contributed by atoms with Crippen LogP contribution in [0.4, 0.5) is 0 Å². The molecule has 0 fully saturated rings. The Balaban J connectivity index is 1.69. The molecule has 0 aliphatic rings. The lowest BCUT2D eigenvalue weighted by molar-refractivity contribution is 0.0464. The number of benzene rings is 2. The van der Waals surface area contributed by atoms with E-state index in [0.29, 0.717) is 16.3 Å². The summed E-state index contributed by atoms with van der Waals surface area (Å²) < 4.78 is 15.7. The molecule has 0 aliphatic carbocycles. The summed E-state index contributed by atoms with van der Waals surface area (Å²) in [7, 11) is 3.16. The monoisotopic (exact) mass is 389 g/mol. The van der Waals surface area contributed by atoms with Gasteiger partial charge in [0.2, 0.25) is 0 Å². The normalized spacial score (nSPS) is 10.4. The fraction of sp³-hybridized carbons (Fsp3) is 0.158. The molecular weight excluding hydrogens is 374 g/mol. The lowest BCUT2D eigenvalue weighted by Gasteiger charge is -2.09. The van der Waals surface area contributed by atoms with Crippen LogP contribution in [-0.4, -0.2) is 25.2 Å². The molecule has 0 aliphatic heterocycles. The highest BCUT2D eigenvalue weighted by atomic mass is 35.5. The minimum Gasteiger partial charge on any atom is -0.497 e. The van der Waals surface area contributed by atoms with E-state index in [1.54, 1.807) is 37.8 Å². The van der Waals surface area contributed by atoms with Crippen molar-refractivity contribution in [2.24, 2.45) is 0 Å². The second-order valence-electron chi connectivity index (χ2n) is 5.30. The van der Waals surface area contributed by atoms with Crippen molar-refractivity contribution in [2.45, 2.75) is 6.61 Å². The van der Waals surface area contributed by atoms with Crippen LogP contribution in [0.2, 0.25) is 5.02 Å². The van der Waals surface area contributed by atoms with Crippen molar-refractivity contribution in [2.75, 3.05) is 14.2 Å². The van der Waals surface area contributed by atoms with E-state index in [-0.39, 0.29) is 12.3 Å². The van der Waals surface area contributed by atoms with Crippen molar-refractivity contribution in [1.29, 1.82) is 0 Å². The standard InChI is InChI=1S/C19H16ClNO4S/c1-23-15-6-3-12(4-7-15)18-21-16(11-26-18)19(22)25-10-13-9-14(20)5-8-17(13)24-2/h3-9,11H,10H2,1-2H3. The number of carbonyl (C=O) groups is 1. The van der Waals surface area contributed by atoms with Crippen molar-refractivity contribution >= 4 is 28.9 Å². The van der Waals surface area contributed by atoms with Gasteiger partial charge in [0.15, 0.2) is 5.69 Å². The van der Waals surface area contributed by atoms with Crippen LogP contribution in [0.15, 0.2) is 47.8 Å². The number of methoxy groups -OCH3 is 2. The molecule has 0 saturated carbocycles. The topological polar surface area (TPSA) is 57.7 Å². The summed E-state index contributed by atoms with van der Waals surface area (Å²) in [5.41, 5.74) is 1.87. The Morgan fingerprint density at radius 3 is 2.58 bits per heavy atom. The zero-order valence-corrected chi connectivity index (χ0v) is 15.8. The molecule has 0 amide bonds. The summed E-state index contributed by atoms with van der Waals surface area (Å²) in [5.74, 6) is 0.878. The van der Waals surface area contributed by atoms with E-state index >= 15 is 0 Å². The smallest absolute Gasteiger partial charge is 0.358 e. The number of carbonyl (C=O) groups excluding carboxylic acids is 1. The van der Waals surface area contributed by atoms with Crippen molar-refractivity contribution in [3.63, 3.8) is 0 Å². The number of nitrogens with zero attached hydrogens (tertiary/aromatic N) is 1. The maximum absolute atomic E-state index is 12.3. The number of halogens is 1. The Morgan fingerprint density at radius 1 is 1.12 bits per heavy atom. The number of hydrogen-bond donors (Lipinski definition) is 0. The second kappa shape index (κ2) is 8.21. The van der Waals surface area contributed by atoms with Crippen LogP contribution in [-0.2, 0) is 11.3 Å². The van der Waals surface area contributed by atoms with Gasteiger partial charge in [0, 0.05) is 21.5 Å². The summed E-state index contributed by atoms with van der Waals surface area (Å²) in [6, 6.07) is 12.6. The highest BCUT2D eigenvalue weighted by Gasteiger charge is 2.15. The average molecular weight is 390 g/mol. The number of rotatable bonds is 6. The molecule has 0 bridgehead atoms. The first-order valence-electron chi connectivity index (χ1n) is 7.70. The molecule has 1 heterocycles. The molecule has 5 nitrogen and oxygen atoms in total. The minimum atomic E-state index is -0.497. The molecule has 0 saturated heterocycles. The Labute approximate surface area is 160 Å². The number of esters is 1. The fourth-order valence-corrected chi connectivity index (χ4v) is 3.30. The van der Waals surface area contributed by atoms with Gasteiger partial charge in [-0.2, -0.15) is 0 Å². The van der Waals surface area contributed by atoms with E-state index in [2.05, 4.69) is 4.98 Å². The molecule has 0 atom stereocenters. The van der Waals surface area contributed by atoms with Gasteiger partial charge in [-0.15, -0.1) is 11.3 Å². The van der Waals surface area contributed by atoms with Crippen LogP contribution in [0.25, 0.3) is 10.6 Å². The number of ether oxygens (including phenoxy) is 3. The zero-order chi connectivity index (χ0) is 18.5. The van der Waals surface area contributed by atoms with Crippen LogP contribution in [0.1, 0.15) is 16.1 Å². The van der Waals surface area contributed by atoms with Crippen molar-refractivity contribution in [3.8, 4) is 22.1 Å². The quantitative estimate of drug-likeness (QED) is 0.565. The predicted molar refractivity (Wildman–Crippen MR) is 101 cm³/mol. The van der Waals surface area contributed by atoms with Gasteiger partial charge in [-0.25, -0.2) is 9.78 Å². The first kappa shape index (κ1) is 18.2. The summed E-state index contributed by atoms with van der Waals surface area (Å²) >= 11 is 7.36. The lowest BCUT2D eigenvalue weighted by Crippen LogP contribution is -2.06. The van der Waals surface area contributed by atoms with Gasteiger partial charge in [0.05, 0.1) is 14.2 Å². The highest BCUT2D eigenvalue weighted by molar-refractivity contribution is 7.13. The molecule has 1 aromatic heterocycles. The Morgan fingerprint density at radius 2 is 1.88 bits per heavy atom. The fourth-order valence-electron chi connectivity index (χ4n) is 2.31. The maximum Gasteiger partial charge on any atom is 0.358 e. The molecule has 3 aromatic rings. The summed E-state index contributed by atoms with van der Waals surface area (Å²) in [4.78, 5) is 16.6. The molecule has 0 N–H and O–H groups in total. The van der Waals surface area contributed by atoms with E-state index in [1.807, 2.05) is 24.3 Å². The molecule has 26 heavy (non-hydrogen) atoms. The molecule has 2 aromatic carbocycles. The van der Waals surface area contributed by atoms with E-state index in [4.69, 9.17) is 25.8 Å². The predicted octanol–water partition coefficient (Wildman–Crippen LogP) is 4.84. The van der Waals surface area contributed by atoms with Crippen molar-refractivity contribution in [3.05, 3.63) is 64.1 Å². The third-order valence-electron chi connectivity index (χ3n) is 3.65. The van der Waals surface area contributed by atoms with Gasteiger partial charge in [-0.1, -0.05) is 11.6 Å². The largest absolute Gasteiger partial charge is 0.497 e.